The maximum atomic E-state index is 12.0. The maximum absolute atomic E-state index is 12.0. The Bertz CT molecular complexity index is 349. The quantitative estimate of drug-likeness (QED) is 0.673. The average molecular weight is 301 g/mol. The topological polar surface area (TPSA) is 82.1 Å². The van der Waals surface area contributed by atoms with E-state index in [1.54, 1.807) is 4.90 Å². The van der Waals surface area contributed by atoms with Gasteiger partial charge in [-0.15, -0.1) is 0 Å². The van der Waals surface area contributed by atoms with Gasteiger partial charge in [-0.3, -0.25) is 4.79 Å². The number of morpholine rings is 1. The third-order valence-electron chi connectivity index (χ3n) is 3.67. The van der Waals surface area contributed by atoms with Crippen LogP contribution in [-0.4, -0.2) is 78.9 Å². The van der Waals surface area contributed by atoms with Gasteiger partial charge in [-0.1, -0.05) is 0 Å². The van der Waals surface area contributed by atoms with Gasteiger partial charge < -0.3 is 25.0 Å². The molecule has 0 aromatic heterocycles. The van der Waals surface area contributed by atoms with Gasteiger partial charge in [0, 0.05) is 25.7 Å². The number of nitrogens with zero attached hydrogens (tertiary/aromatic N) is 2. The molecule has 1 atom stereocenters. The van der Waals surface area contributed by atoms with Gasteiger partial charge in [-0.2, -0.15) is 0 Å². The van der Waals surface area contributed by atoms with Gasteiger partial charge in [0.1, 0.15) is 0 Å². The summed E-state index contributed by atoms with van der Waals surface area (Å²) in [4.78, 5) is 26.5. The Balaban J connectivity index is 2.23. The molecule has 1 aliphatic rings. The normalized spacial score (nSPS) is 19.1. The molecule has 1 fully saturated rings. The smallest absolute Gasteiger partial charge is 0.317 e. The highest BCUT2D eigenvalue weighted by Crippen LogP contribution is 2.08. The molecule has 0 spiro atoms. The summed E-state index contributed by atoms with van der Waals surface area (Å²) in [7, 11) is 2.06. The first kappa shape index (κ1) is 17.7. The minimum Gasteiger partial charge on any atom is -0.481 e. The molecule has 1 aliphatic heterocycles. The Morgan fingerprint density at radius 1 is 1.48 bits per heavy atom. The second kappa shape index (κ2) is 8.84. The van der Waals surface area contributed by atoms with Crippen molar-refractivity contribution in [2.24, 2.45) is 0 Å². The van der Waals surface area contributed by atoms with E-state index in [9.17, 15) is 9.59 Å². The fraction of sp³-hybridized carbons (Fsp3) is 0.857. The molecule has 7 heteroatoms. The first-order chi connectivity index (χ1) is 9.90. The molecule has 0 aliphatic carbocycles. The minimum absolute atomic E-state index is 0.0665. The number of urea groups is 1. The molecule has 21 heavy (non-hydrogen) atoms. The molecule has 1 saturated heterocycles. The van der Waals surface area contributed by atoms with Crippen LogP contribution in [0.1, 0.15) is 26.7 Å². The standard InChI is InChI=1S/C14H27N3O4/c1-11(2)16(3)6-4-5-15-14(20)17-7-8-21-12(10-17)9-13(18)19/h11-12H,4-10H2,1-3H3,(H,15,20)(H,18,19). The summed E-state index contributed by atoms with van der Waals surface area (Å²) < 4.78 is 5.34. The summed E-state index contributed by atoms with van der Waals surface area (Å²) in [5.41, 5.74) is 0. The SMILES string of the molecule is CC(C)N(C)CCCNC(=O)N1CCOC(CC(=O)O)C1. The number of carbonyl (C=O) groups is 2. The van der Waals surface area contributed by atoms with E-state index < -0.39 is 12.1 Å². The Labute approximate surface area is 126 Å². The van der Waals surface area contributed by atoms with Crippen molar-refractivity contribution in [2.75, 3.05) is 39.8 Å². The Kier molecular flexibility index (Phi) is 7.45. The highest BCUT2D eigenvalue weighted by atomic mass is 16.5. The fourth-order valence-electron chi connectivity index (χ4n) is 2.12. The molecule has 1 heterocycles. The predicted molar refractivity (Wildman–Crippen MR) is 79.3 cm³/mol. The van der Waals surface area contributed by atoms with E-state index in [0.29, 0.717) is 32.3 Å². The number of rotatable bonds is 7. The molecule has 0 aromatic carbocycles. The van der Waals surface area contributed by atoms with Gasteiger partial charge in [0.2, 0.25) is 0 Å². The number of carbonyl (C=O) groups excluding carboxylic acids is 1. The highest BCUT2D eigenvalue weighted by Gasteiger charge is 2.25. The molecular weight excluding hydrogens is 274 g/mol. The molecule has 0 bridgehead atoms. The number of hydrogen-bond donors (Lipinski definition) is 2. The Hall–Kier alpha value is -1.34. The summed E-state index contributed by atoms with van der Waals surface area (Å²) in [5.74, 6) is -0.904. The summed E-state index contributed by atoms with van der Waals surface area (Å²) in [6, 6.07) is 0.359. The van der Waals surface area contributed by atoms with Crippen molar-refractivity contribution in [3.8, 4) is 0 Å². The van der Waals surface area contributed by atoms with Crippen molar-refractivity contribution in [1.82, 2.24) is 15.1 Å². The molecular formula is C14H27N3O4. The van der Waals surface area contributed by atoms with E-state index in [2.05, 4.69) is 31.1 Å². The molecule has 1 unspecified atom stereocenters. The highest BCUT2D eigenvalue weighted by molar-refractivity contribution is 5.74. The van der Waals surface area contributed by atoms with Crippen LogP contribution in [0.2, 0.25) is 0 Å². The van der Waals surface area contributed by atoms with Crippen molar-refractivity contribution >= 4 is 12.0 Å². The Morgan fingerprint density at radius 3 is 2.81 bits per heavy atom. The van der Waals surface area contributed by atoms with Gasteiger partial charge in [0.25, 0.3) is 0 Å². The number of aliphatic carboxylic acids is 1. The van der Waals surface area contributed by atoms with E-state index in [4.69, 9.17) is 9.84 Å². The summed E-state index contributed by atoms with van der Waals surface area (Å²) >= 11 is 0. The lowest BCUT2D eigenvalue weighted by molar-refractivity contribution is -0.141. The van der Waals surface area contributed by atoms with Crippen LogP contribution in [0.4, 0.5) is 4.79 Å². The monoisotopic (exact) mass is 301 g/mol. The number of carboxylic acids is 1. The molecule has 122 valence electrons. The summed E-state index contributed by atoms with van der Waals surface area (Å²) in [6.45, 7) is 7.06. The molecule has 7 nitrogen and oxygen atoms in total. The molecule has 1 rings (SSSR count). The van der Waals surface area contributed by atoms with Crippen LogP contribution in [-0.2, 0) is 9.53 Å². The molecule has 0 aromatic rings. The zero-order chi connectivity index (χ0) is 15.8. The summed E-state index contributed by atoms with van der Waals surface area (Å²) in [6.07, 6.45) is 0.417. The molecule has 0 saturated carbocycles. The number of nitrogens with one attached hydrogen (secondary N) is 1. The van der Waals surface area contributed by atoms with Crippen LogP contribution in [0.3, 0.4) is 0 Å². The number of carboxylic acid groups (broad SMARTS) is 1. The van der Waals surface area contributed by atoms with Crippen LogP contribution in [0.15, 0.2) is 0 Å². The van der Waals surface area contributed by atoms with Crippen molar-refractivity contribution in [3.05, 3.63) is 0 Å². The van der Waals surface area contributed by atoms with Gasteiger partial charge in [-0.25, -0.2) is 4.79 Å². The average Bonchev–Trinajstić information content (AvgIpc) is 2.42. The maximum Gasteiger partial charge on any atom is 0.317 e. The third kappa shape index (κ3) is 6.77. The number of amides is 2. The Morgan fingerprint density at radius 2 is 2.19 bits per heavy atom. The number of hydrogen-bond acceptors (Lipinski definition) is 4. The van der Waals surface area contributed by atoms with E-state index >= 15 is 0 Å². The van der Waals surface area contributed by atoms with Gasteiger partial charge >= 0.3 is 12.0 Å². The fourth-order valence-corrected chi connectivity index (χ4v) is 2.12. The van der Waals surface area contributed by atoms with Crippen molar-refractivity contribution in [3.63, 3.8) is 0 Å². The van der Waals surface area contributed by atoms with Crippen LogP contribution < -0.4 is 5.32 Å². The van der Waals surface area contributed by atoms with Crippen molar-refractivity contribution in [2.45, 2.75) is 38.8 Å². The number of ether oxygens (including phenoxy) is 1. The molecule has 2 N–H and O–H groups in total. The van der Waals surface area contributed by atoms with Crippen molar-refractivity contribution < 1.29 is 19.4 Å². The van der Waals surface area contributed by atoms with Crippen LogP contribution in [0, 0.1) is 0 Å². The molecule has 0 radical (unpaired) electrons. The van der Waals surface area contributed by atoms with Gasteiger partial charge in [-0.05, 0) is 33.9 Å². The zero-order valence-corrected chi connectivity index (χ0v) is 13.2. The van der Waals surface area contributed by atoms with Crippen LogP contribution in [0.5, 0.6) is 0 Å². The summed E-state index contributed by atoms with van der Waals surface area (Å²) in [5, 5.41) is 11.6. The van der Waals surface area contributed by atoms with E-state index in [1.807, 2.05) is 0 Å². The first-order valence-corrected chi connectivity index (χ1v) is 7.46. The van der Waals surface area contributed by atoms with Crippen molar-refractivity contribution in [1.29, 1.82) is 0 Å². The minimum atomic E-state index is -0.904. The second-order valence-corrected chi connectivity index (χ2v) is 5.70. The van der Waals surface area contributed by atoms with E-state index in [-0.39, 0.29) is 12.5 Å². The first-order valence-electron chi connectivity index (χ1n) is 7.46. The molecule has 2 amide bonds. The van der Waals surface area contributed by atoms with E-state index in [0.717, 1.165) is 13.0 Å². The van der Waals surface area contributed by atoms with Gasteiger partial charge in [0.05, 0.1) is 19.1 Å². The second-order valence-electron chi connectivity index (χ2n) is 5.70. The van der Waals surface area contributed by atoms with Crippen LogP contribution >= 0.6 is 0 Å². The predicted octanol–water partition coefficient (Wildman–Crippen LogP) is 0.602. The third-order valence-corrected chi connectivity index (χ3v) is 3.67. The zero-order valence-electron chi connectivity index (χ0n) is 13.2. The lowest BCUT2D eigenvalue weighted by atomic mass is 10.2. The van der Waals surface area contributed by atoms with E-state index in [1.165, 1.54) is 0 Å². The lowest BCUT2D eigenvalue weighted by Gasteiger charge is -2.32. The van der Waals surface area contributed by atoms with Crippen LogP contribution in [0.25, 0.3) is 0 Å². The largest absolute Gasteiger partial charge is 0.481 e. The van der Waals surface area contributed by atoms with Gasteiger partial charge in [0.15, 0.2) is 0 Å². The lowest BCUT2D eigenvalue weighted by Crippen LogP contribution is -2.50.